The molecule has 0 radical (unpaired) electrons. The topological polar surface area (TPSA) is 37.8 Å². The van der Waals surface area contributed by atoms with Gasteiger partial charge in [-0.3, -0.25) is 0 Å². The monoisotopic (exact) mass is 241 g/mol. The lowest BCUT2D eigenvalue weighted by atomic mass is 10.1. The summed E-state index contributed by atoms with van der Waals surface area (Å²) >= 11 is 0. The molecule has 18 heavy (non-hydrogen) atoms. The molecule has 0 aliphatic carbocycles. The summed E-state index contributed by atoms with van der Waals surface area (Å²) in [5, 5.41) is 3.33. The number of nitrogens with one attached hydrogen (secondary N) is 1. The maximum atomic E-state index is 4.41. The van der Waals surface area contributed by atoms with Crippen LogP contribution < -0.4 is 5.32 Å². The predicted octanol–water partition coefficient (Wildman–Crippen LogP) is 3.76. The lowest BCUT2D eigenvalue weighted by Crippen LogP contribution is -2.03. The zero-order chi connectivity index (χ0) is 13.3. The Labute approximate surface area is 108 Å². The maximum absolute atomic E-state index is 4.41. The summed E-state index contributed by atoms with van der Waals surface area (Å²) in [5.41, 5.74) is 6.77. The second-order valence-corrected chi connectivity index (χ2v) is 4.87. The molecule has 0 aliphatic rings. The van der Waals surface area contributed by atoms with Crippen molar-refractivity contribution >= 4 is 11.6 Å². The minimum atomic E-state index is 0.669. The summed E-state index contributed by atoms with van der Waals surface area (Å²) in [6.45, 7) is 10.3. The number of nitrogens with zero attached hydrogens (tertiary/aromatic N) is 2. The standard InChI is InChI=1S/C15H19N3/c1-9-6-10(2)14(11(3)7-9)18-15-16-12(4)8-13(5)17-15/h6-8H,1-5H3,(H,16,17,18). The highest BCUT2D eigenvalue weighted by molar-refractivity contribution is 5.63. The number of aromatic nitrogens is 2. The Morgan fingerprint density at radius 2 is 1.28 bits per heavy atom. The van der Waals surface area contributed by atoms with Crippen LogP contribution >= 0.6 is 0 Å². The van der Waals surface area contributed by atoms with Crippen molar-refractivity contribution in [1.82, 2.24) is 9.97 Å². The van der Waals surface area contributed by atoms with Gasteiger partial charge in [-0.25, -0.2) is 9.97 Å². The highest BCUT2D eigenvalue weighted by Gasteiger charge is 2.06. The minimum absolute atomic E-state index is 0.669. The van der Waals surface area contributed by atoms with Gasteiger partial charge in [-0.1, -0.05) is 17.7 Å². The van der Waals surface area contributed by atoms with Gasteiger partial charge in [0.2, 0.25) is 5.95 Å². The number of hydrogen-bond acceptors (Lipinski definition) is 3. The van der Waals surface area contributed by atoms with Crippen molar-refractivity contribution in [3.05, 3.63) is 46.3 Å². The Morgan fingerprint density at radius 3 is 1.78 bits per heavy atom. The zero-order valence-electron chi connectivity index (χ0n) is 11.6. The van der Waals surface area contributed by atoms with E-state index >= 15 is 0 Å². The van der Waals surface area contributed by atoms with Crippen LogP contribution in [0, 0.1) is 34.6 Å². The number of anilines is 2. The van der Waals surface area contributed by atoms with E-state index in [2.05, 4.69) is 48.2 Å². The Morgan fingerprint density at radius 1 is 0.778 bits per heavy atom. The smallest absolute Gasteiger partial charge is 0.227 e. The molecule has 2 rings (SSSR count). The fourth-order valence-electron chi connectivity index (χ4n) is 2.27. The molecule has 94 valence electrons. The zero-order valence-corrected chi connectivity index (χ0v) is 11.6. The molecule has 0 spiro atoms. The third-order valence-electron chi connectivity index (χ3n) is 2.90. The second-order valence-electron chi connectivity index (χ2n) is 4.87. The van der Waals surface area contributed by atoms with E-state index in [1.165, 1.54) is 16.7 Å². The van der Waals surface area contributed by atoms with Crippen molar-refractivity contribution in [2.75, 3.05) is 5.32 Å². The van der Waals surface area contributed by atoms with E-state index in [9.17, 15) is 0 Å². The number of hydrogen-bond donors (Lipinski definition) is 1. The summed E-state index contributed by atoms with van der Waals surface area (Å²) in [5.74, 6) is 0.669. The van der Waals surface area contributed by atoms with E-state index in [4.69, 9.17) is 0 Å². The van der Waals surface area contributed by atoms with E-state index in [1.807, 2.05) is 19.9 Å². The highest BCUT2D eigenvalue weighted by Crippen LogP contribution is 2.24. The predicted molar refractivity (Wildman–Crippen MR) is 75.4 cm³/mol. The molecule has 3 heteroatoms. The third-order valence-corrected chi connectivity index (χ3v) is 2.90. The Kier molecular flexibility index (Phi) is 3.32. The molecule has 0 saturated heterocycles. The van der Waals surface area contributed by atoms with Crippen LogP contribution in [0.4, 0.5) is 11.6 Å². The van der Waals surface area contributed by atoms with Gasteiger partial charge >= 0.3 is 0 Å². The fourth-order valence-corrected chi connectivity index (χ4v) is 2.27. The SMILES string of the molecule is Cc1cc(C)c(Nc2nc(C)cc(C)n2)c(C)c1. The molecule has 2 aromatic rings. The van der Waals surface area contributed by atoms with Crippen LogP contribution in [0.25, 0.3) is 0 Å². The summed E-state index contributed by atoms with van der Waals surface area (Å²) in [6, 6.07) is 6.30. The number of benzene rings is 1. The van der Waals surface area contributed by atoms with Crippen LogP contribution in [-0.2, 0) is 0 Å². The van der Waals surface area contributed by atoms with Crippen molar-refractivity contribution in [3.8, 4) is 0 Å². The van der Waals surface area contributed by atoms with Crippen molar-refractivity contribution in [1.29, 1.82) is 0 Å². The van der Waals surface area contributed by atoms with E-state index in [-0.39, 0.29) is 0 Å². The van der Waals surface area contributed by atoms with Gasteiger partial charge in [-0.15, -0.1) is 0 Å². The van der Waals surface area contributed by atoms with Crippen LogP contribution in [0.3, 0.4) is 0 Å². The molecule has 0 saturated carbocycles. The van der Waals surface area contributed by atoms with Gasteiger partial charge in [-0.2, -0.15) is 0 Å². The molecule has 0 unspecified atom stereocenters. The lowest BCUT2D eigenvalue weighted by molar-refractivity contribution is 1.06. The molecule has 0 aliphatic heterocycles. The Hall–Kier alpha value is -1.90. The van der Waals surface area contributed by atoms with Gasteiger partial charge in [-0.05, 0) is 51.8 Å². The first-order chi connectivity index (χ1) is 8.45. The van der Waals surface area contributed by atoms with Crippen molar-refractivity contribution in [2.45, 2.75) is 34.6 Å². The number of rotatable bonds is 2. The third kappa shape index (κ3) is 2.67. The molecule has 0 atom stereocenters. The van der Waals surface area contributed by atoms with E-state index in [0.29, 0.717) is 5.95 Å². The molecule has 0 amide bonds. The highest BCUT2D eigenvalue weighted by atomic mass is 15.1. The normalized spacial score (nSPS) is 10.5. The average Bonchev–Trinajstić information content (AvgIpc) is 2.22. The van der Waals surface area contributed by atoms with Crippen molar-refractivity contribution in [3.63, 3.8) is 0 Å². The van der Waals surface area contributed by atoms with Gasteiger partial charge < -0.3 is 5.32 Å². The van der Waals surface area contributed by atoms with Crippen LogP contribution in [0.15, 0.2) is 18.2 Å². The average molecular weight is 241 g/mol. The largest absolute Gasteiger partial charge is 0.324 e. The van der Waals surface area contributed by atoms with Crippen molar-refractivity contribution < 1.29 is 0 Å². The summed E-state index contributed by atoms with van der Waals surface area (Å²) < 4.78 is 0. The minimum Gasteiger partial charge on any atom is -0.324 e. The number of aryl methyl sites for hydroxylation is 5. The summed E-state index contributed by atoms with van der Waals surface area (Å²) in [7, 11) is 0. The molecule has 1 aromatic carbocycles. The fraction of sp³-hybridized carbons (Fsp3) is 0.333. The molecular formula is C15H19N3. The van der Waals surface area contributed by atoms with E-state index in [1.54, 1.807) is 0 Å². The van der Waals surface area contributed by atoms with Crippen molar-refractivity contribution in [2.24, 2.45) is 0 Å². The maximum Gasteiger partial charge on any atom is 0.227 e. The van der Waals surface area contributed by atoms with Gasteiger partial charge in [0.05, 0.1) is 0 Å². The van der Waals surface area contributed by atoms with Crippen LogP contribution in [0.5, 0.6) is 0 Å². The molecule has 1 heterocycles. The molecule has 1 aromatic heterocycles. The van der Waals surface area contributed by atoms with Crippen LogP contribution in [0.1, 0.15) is 28.1 Å². The van der Waals surface area contributed by atoms with Crippen LogP contribution in [-0.4, -0.2) is 9.97 Å². The summed E-state index contributed by atoms with van der Waals surface area (Å²) in [6.07, 6.45) is 0. The van der Waals surface area contributed by atoms with Crippen LogP contribution in [0.2, 0.25) is 0 Å². The Bertz CT molecular complexity index is 545. The second kappa shape index (κ2) is 4.77. The molecule has 0 fully saturated rings. The molecular weight excluding hydrogens is 222 g/mol. The van der Waals surface area contributed by atoms with Gasteiger partial charge in [0, 0.05) is 17.1 Å². The first-order valence-electron chi connectivity index (χ1n) is 6.13. The molecule has 0 bridgehead atoms. The van der Waals surface area contributed by atoms with E-state index in [0.717, 1.165) is 17.1 Å². The molecule has 1 N–H and O–H groups in total. The lowest BCUT2D eigenvalue weighted by Gasteiger charge is -2.13. The first kappa shape index (κ1) is 12.6. The van der Waals surface area contributed by atoms with Gasteiger partial charge in [0.1, 0.15) is 0 Å². The Balaban J connectivity index is 2.40. The quantitative estimate of drug-likeness (QED) is 0.869. The first-order valence-corrected chi connectivity index (χ1v) is 6.13. The summed E-state index contributed by atoms with van der Waals surface area (Å²) in [4.78, 5) is 8.82. The van der Waals surface area contributed by atoms with Gasteiger partial charge in [0.25, 0.3) is 0 Å². The van der Waals surface area contributed by atoms with E-state index < -0.39 is 0 Å². The molecule has 3 nitrogen and oxygen atoms in total. The van der Waals surface area contributed by atoms with Gasteiger partial charge in [0.15, 0.2) is 0 Å².